The van der Waals surface area contributed by atoms with Gasteiger partial charge in [0.2, 0.25) is 0 Å². The number of amides is 2. The topological polar surface area (TPSA) is 67.9 Å². The molecule has 0 spiro atoms. The van der Waals surface area contributed by atoms with Crippen LogP contribution in [-0.2, 0) is 9.47 Å². The van der Waals surface area contributed by atoms with Gasteiger partial charge in [0.05, 0.1) is 31.1 Å². The highest BCUT2D eigenvalue weighted by Gasteiger charge is 2.22. The molecule has 0 aliphatic carbocycles. The minimum Gasteiger partial charge on any atom is -0.465 e. The fraction of sp³-hybridized carbons (Fsp3) is 0.429. The molecule has 0 bridgehead atoms. The molecule has 6 heteroatoms. The van der Waals surface area contributed by atoms with Gasteiger partial charge in [-0.15, -0.1) is 0 Å². The van der Waals surface area contributed by atoms with Gasteiger partial charge in [0.1, 0.15) is 0 Å². The van der Waals surface area contributed by atoms with Crippen molar-refractivity contribution in [3.05, 3.63) is 29.8 Å². The van der Waals surface area contributed by atoms with Crippen LogP contribution in [0.15, 0.2) is 24.3 Å². The fourth-order valence-electron chi connectivity index (χ4n) is 2.08. The second kappa shape index (κ2) is 6.38. The number of nitrogens with one attached hydrogen (secondary N) is 1. The number of ether oxygens (including phenoxy) is 2. The van der Waals surface area contributed by atoms with Crippen molar-refractivity contribution < 1.29 is 19.1 Å². The number of hydrogen-bond acceptors (Lipinski definition) is 4. The smallest absolute Gasteiger partial charge is 0.339 e. The van der Waals surface area contributed by atoms with E-state index in [1.807, 2.05) is 6.92 Å². The Labute approximate surface area is 117 Å². The number of carbonyl (C=O) groups is 2. The van der Waals surface area contributed by atoms with Crippen LogP contribution in [0, 0.1) is 0 Å². The molecule has 1 atom stereocenters. The van der Waals surface area contributed by atoms with Crippen LogP contribution >= 0.6 is 0 Å². The summed E-state index contributed by atoms with van der Waals surface area (Å²) < 4.78 is 10.1. The summed E-state index contributed by atoms with van der Waals surface area (Å²) in [4.78, 5) is 25.5. The number of nitrogens with zero attached hydrogens (tertiary/aromatic N) is 1. The monoisotopic (exact) mass is 278 g/mol. The van der Waals surface area contributed by atoms with Crippen molar-refractivity contribution >= 4 is 17.7 Å². The SMILES string of the molecule is COC(=O)c1ccccc1NC(=O)N1CCO[C@@H](C)C1. The van der Waals surface area contributed by atoms with E-state index in [-0.39, 0.29) is 12.1 Å². The van der Waals surface area contributed by atoms with Gasteiger partial charge in [-0.3, -0.25) is 0 Å². The summed E-state index contributed by atoms with van der Waals surface area (Å²) in [6.07, 6.45) is 0.0188. The molecule has 1 aromatic carbocycles. The summed E-state index contributed by atoms with van der Waals surface area (Å²) in [5.41, 5.74) is 0.785. The molecule has 2 amide bonds. The number of anilines is 1. The zero-order chi connectivity index (χ0) is 14.5. The zero-order valence-corrected chi connectivity index (χ0v) is 11.6. The third kappa shape index (κ3) is 3.27. The van der Waals surface area contributed by atoms with Crippen molar-refractivity contribution in [2.45, 2.75) is 13.0 Å². The summed E-state index contributed by atoms with van der Waals surface area (Å²) >= 11 is 0. The Morgan fingerprint density at radius 2 is 2.15 bits per heavy atom. The lowest BCUT2D eigenvalue weighted by atomic mass is 10.2. The summed E-state index contributed by atoms with van der Waals surface area (Å²) in [6, 6.07) is 6.52. The van der Waals surface area contributed by atoms with E-state index >= 15 is 0 Å². The molecule has 0 unspecified atom stereocenters. The van der Waals surface area contributed by atoms with E-state index in [0.717, 1.165) is 0 Å². The van der Waals surface area contributed by atoms with Gasteiger partial charge in [-0.25, -0.2) is 9.59 Å². The lowest BCUT2D eigenvalue weighted by Gasteiger charge is -2.31. The van der Waals surface area contributed by atoms with E-state index in [0.29, 0.717) is 30.9 Å². The number of methoxy groups -OCH3 is 1. The molecule has 108 valence electrons. The molecule has 1 heterocycles. The molecule has 20 heavy (non-hydrogen) atoms. The first-order valence-electron chi connectivity index (χ1n) is 6.46. The Balaban J connectivity index is 2.09. The normalized spacial score (nSPS) is 18.5. The van der Waals surface area contributed by atoms with Crippen molar-refractivity contribution in [2.24, 2.45) is 0 Å². The van der Waals surface area contributed by atoms with Crippen molar-refractivity contribution in [3.63, 3.8) is 0 Å². The second-order valence-electron chi connectivity index (χ2n) is 4.59. The van der Waals surface area contributed by atoms with Crippen LogP contribution in [0.25, 0.3) is 0 Å². The number of benzene rings is 1. The predicted molar refractivity (Wildman–Crippen MR) is 73.8 cm³/mol. The predicted octanol–water partition coefficient (Wildman–Crippen LogP) is 1.73. The lowest BCUT2D eigenvalue weighted by molar-refractivity contribution is -0.00139. The van der Waals surface area contributed by atoms with E-state index in [1.165, 1.54) is 7.11 Å². The number of carbonyl (C=O) groups excluding carboxylic acids is 2. The van der Waals surface area contributed by atoms with Crippen LogP contribution in [0.2, 0.25) is 0 Å². The van der Waals surface area contributed by atoms with Crippen molar-refractivity contribution in [3.8, 4) is 0 Å². The minimum absolute atomic E-state index is 0.0188. The molecule has 1 aromatic rings. The molecule has 1 fully saturated rings. The highest BCUT2D eigenvalue weighted by molar-refractivity contribution is 6.00. The van der Waals surface area contributed by atoms with Gasteiger partial charge >= 0.3 is 12.0 Å². The third-order valence-electron chi connectivity index (χ3n) is 3.10. The first-order valence-corrected chi connectivity index (χ1v) is 6.46. The van der Waals surface area contributed by atoms with Gasteiger partial charge in [-0.1, -0.05) is 12.1 Å². The summed E-state index contributed by atoms with van der Waals surface area (Å²) in [5, 5.41) is 2.75. The Hall–Kier alpha value is -2.08. The fourth-order valence-corrected chi connectivity index (χ4v) is 2.08. The minimum atomic E-state index is -0.476. The molecule has 1 aliphatic rings. The summed E-state index contributed by atoms with van der Waals surface area (Å²) in [7, 11) is 1.31. The maximum Gasteiger partial charge on any atom is 0.339 e. The number of hydrogen-bond donors (Lipinski definition) is 1. The first-order chi connectivity index (χ1) is 9.61. The van der Waals surface area contributed by atoms with Crippen LogP contribution in [0.3, 0.4) is 0 Å². The maximum absolute atomic E-state index is 12.2. The molecule has 6 nitrogen and oxygen atoms in total. The largest absolute Gasteiger partial charge is 0.465 e. The molecule has 1 aliphatic heterocycles. The number of urea groups is 1. The van der Waals surface area contributed by atoms with Gasteiger partial charge in [0.25, 0.3) is 0 Å². The first kappa shape index (κ1) is 14.3. The molecule has 1 N–H and O–H groups in total. The van der Waals surface area contributed by atoms with Crippen molar-refractivity contribution in [1.29, 1.82) is 0 Å². The summed E-state index contributed by atoms with van der Waals surface area (Å²) in [6.45, 7) is 3.51. The molecular formula is C14H18N2O4. The molecule has 1 saturated heterocycles. The van der Waals surface area contributed by atoms with Gasteiger partial charge in [-0.2, -0.15) is 0 Å². The van der Waals surface area contributed by atoms with Gasteiger partial charge < -0.3 is 19.7 Å². The van der Waals surface area contributed by atoms with Crippen LogP contribution in [0.1, 0.15) is 17.3 Å². The Morgan fingerprint density at radius 1 is 1.40 bits per heavy atom. The van der Waals surface area contributed by atoms with Gasteiger partial charge in [-0.05, 0) is 19.1 Å². The molecular weight excluding hydrogens is 260 g/mol. The second-order valence-corrected chi connectivity index (χ2v) is 4.59. The highest BCUT2D eigenvalue weighted by Crippen LogP contribution is 2.17. The highest BCUT2D eigenvalue weighted by atomic mass is 16.5. The Morgan fingerprint density at radius 3 is 2.85 bits per heavy atom. The molecule has 0 radical (unpaired) electrons. The number of esters is 1. The average Bonchev–Trinajstić information content (AvgIpc) is 2.47. The van der Waals surface area contributed by atoms with Crippen molar-refractivity contribution in [1.82, 2.24) is 4.90 Å². The third-order valence-corrected chi connectivity index (χ3v) is 3.10. The average molecular weight is 278 g/mol. The Bertz CT molecular complexity index is 504. The quantitative estimate of drug-likeness (QED) is 0.836. The number of morpholine rings is 1. The molecule has 0 aromatic heterocycles. The van der Waals surface area contributed by atoms with E-state index in [2.05, 4.69) is 5.32 Å². The zero-order valence-electron chi connectivity index (χ0n) is 11.6. The van der Waals surface area contributed by atoms with Crippen LogP contribution in [0.4, 0.5) is 10.5 Å². The maximum atomic E-state index is 12.2. The van der Waals surface area contributed by atoms with Gasteiger partial charge in [0, 0.05) is 13.1 Å². The standard InChI is InChI=1S/C14H18N2O4/c1-10-9-16(7-8-20-10)14(18)15-12-6-4-3-5-11(12)13(17)19-2/h3-6,10H,7-9H2,1-2H3,(H,15,18)/t10-/m0/s1. The van der Waals surface area contributed by atoms with Crippen LogP contribution in [0.5, 0.6) is 0 Å². The van der Waals surface area contributed by atoms with Crippen LogP contribution < -0.4 is 5.32 Å². The number of para-hydroxylation sites is 1. The Kier molecular flexibility index (Phi) is 4.57. The van der Waals surface area contributed by atoms with Crippen LogP contribution in [-0.4, -0.2) is 49.8 Å². The van der Waals surface area contributed by atoms with E-state index in [1.54, 1.807) is 29.2 Å². The van der Waals surface area contributed by atoms with E-state index < -0.39 is 5.97 Å². The summed E-state index contributed by atoms with van der Waals surface area (Å²) in [5.74, 6) is -0.476. The molecule has 0 saturated carbocycles. The van der Waals surface area contributed by atoms with E-state index in [4.69, 9.17) is 9.47 Å². The van der Waals surface area contributed by atoms with E-state index in [9.17, 15) is 9.59 Å². The lowest BCUT2D eigenvalue weighted by Crippen LogP contribution is -2.46. The van der Waals surface area contributed by atoms with Crippen molar-refractivity contribution in [2.75, 3.05) is 32.1 Å². The number of rotatable bonds is 2. The molecule has 2 rings (SSSR count). The van der Waals surface area contributed by atoms with Gasteiger partial charge in [0.15, 0.2) is 0 Å².